The van der Waals surface area contributed by atoms with Crippen molar-refractivity contribution in [3.63, 3.8) is 0 Å². The van der Waals surface area contributed by atoms with Crippen molar-refractivity contribution < 1.29 is 18.4 Å². The summed E-state index contributed by atoms with van der Waals surface area (Å²) in [6.07, 6.45) is 5.06. The van der Waals surface area contributed by atoms with E-state index in [-0.39, 0.29) is 18.2 Å². The Labute approximate surface area is 200 Å². The maximum Gasteiger partial charge on any atom is 0.287 e. The van der Waals surface area contributed by atoms with Gasteiger partial charge in [-0.1, -0.05) is 19.9 Å². The molecule has 2 heterocycles. The molecule has 0 saturated heterocycles. The molecule has 1 aliphatic carbocycles. The van der Waals surface area contributed by atoms with Gasteiger partial charge in [0.1, 0.15) is 11.3 Å². The number of nitrogens with one attached hydrogen (secondary N) is 2. The number of carbonyl (C=O) groups is 2. The molecule has 0 atom stereocenters. The Balaban J connectivity index is 1.48. The molecule has 7 heteroatoms. The number of fused-ring (bicyclic) bond motifs is 2. The van der Waals surface area contributed by atoms with Gasteiger partial charge in [0.05, 0.1) is 18.4 Å². The first kappa shape index (κ1) is 23.8. The second-order valence-electron chi connectivity index (χ2n) is 9.63. The van der Waals surface area contributed by atoms with Gasteiger partial charge in [0.2, 0.25) is 5.91 Å². The Bertz CT molecular complexity index is 1260. The molecule has 0 saturated carbocycles. The Morgan fingerprint density at radius 1 is 1.15 bits per heavy atom. The standard InChI is InChI=1S/C27H33N3O4/c1-15(2)9-10-28-27(32)26-18(5)25-20(7-6-8-21(25)34-26)29-30-23(31)13-19-14-33-22-12-16(3)11-17(4)24(19)22/h11-12,14-15H,6-10,13H2,1-5H3,(H,28,32)(H,30,31)/b29-20+. The number of benzene rings is 1. The second kappa shape index (κ2) is 9.87. The Morgan fingerprint density at radius 2 is 1.94 bits per heavy atom. The van der Waals surface area contributed by atoms with E-state index in [0.29, 0.717) is 18.2 Å². The van der Waals surface area contributed by atoms with Crippen molar-refractivity contribution in [2.45, 2.75) is 66.7 Å². The van der Waals surface area contributed by atoms with E-state index in [0.717, 1.165) is 75.9 Å². The van der Waals surface area contributed by atoms with Crippen molar-refractivity contribution >= 4 is 28.5 Å². The van der Waals surface area contributed by atoms with Gasteiger partial charge in [-0.15, -0.1) is 0 Å². The smallest absolute Gasteiger partial charge is 0.287 e. The van der Waals surface area contributed by atoms with E-state index < -0.39 is 0 Å². The first-order chi connectivity index (χ1) is 16.2. The fraction of sp³-hybridized carbons (Fsp3) is 0.444. The number of furan rings is 2. The predicted molar refractivity (Wildman–Crippen MR) is 132 cm³/mol. The zero-order valence-electron chi connectivity index (χ0n) is 20.6. The molecule has 7 nitrogen and oxygen atoms in total. The van der Waals surface area contributed by atoms with Crippen molar-refractivity contribution in [2.75, 3.05) is 6.54 Å². The number of nitrogens with zero attached hydrogens (tertiary/aromatic N) is 1. The largest absolute Gasteiger partial charge is 0.464 e. The third-order valence-corrected chi connectivity index (χ3v) is 6.30. The van der Waals surface area contributed by atoms with Crippen molar-refractivity contribution in [3.8, 4) is 0 Å². The molecule has 0 radical (unpaired) electrons. The summed E-state index contributed by atoms with van der Waals surface area (Å²) in [6.45, 7) is 10.8. The highest BCUT2D eigenvalue weighted by Crippen LogP contribution is 2.30. The molecule has 3 aromatic rings. The maximum absolute atomic E-state index is 12.7. The quantitative estimate of drug-likeness (QED) is 0.475. The van der Waals surface area contributed by atoms with Crippen LogP contribution in [0.25, 0.3) is 11.0 Å². The van der Waals surface area contributed by atoms with Gasteiger partial charge in [-0.25, -0.2) is 5.43 Å². The molecule has 4 rings (SSSR count). The fourth-order valence-corrected chi connectivity index (χ4v) is 4.65. The molecule has 0 unspecified atom stereocenters. The highest BCUT2D eigenvalue weighted by Gasteiger charge is 2.28. The summed E-state index contributed by atoms with van der Waals surface area (Å²) in [5, 5.41) is 8.36. The van der Waals surface area contributed by atoms with Crippen LogP contribution in [-0.4, -0.2) is 24.1 Å². The minimum Gasteiger partial charge on any atom is -0.464 e. The number of carbonyl (C=O) groups excluding carboxylic acids is 2. The van der Waals surface area contributed by atoms with Crippen LogP contribution in [0.15, 0.2) is 32.3 Å². The molecule has 2 N–H and O–H groups in total. The summed E-state index contributed by atoms with van der Waals surface area (Å²) in [5.41, 5.74) is 8.92. The van der Waals surface area contributed by atoms with Gasteiger partial charge >= 0.3 is 0 Å². The monoisotopic (exact) mass is 463 g/mol. The first-order valence-electron chi connectivity index (χ1n) is 12.0. The molecule has 0 fully saturated rings. The van der Waals surface area contributed by atoms with Crippen LogP contribution in [0.1, 0.15) is 77.2 Å². The molecule has 0 aliphatic heterocycles. The molecule has 1 aromatic carbocycles. The number of rotatable bonds is 7. The summed E-state index contributed by atoms with van der Waals surface area (Å²) >= 11 is 0. The second-order valence-corrected chi connectivity index (χ2v) is 9.63. The number of hydrogen-bond donors (Lipinski definition) is 2. The topological polar surface area (TPSA) is 96.8 Å². The van der Waals surface area contributed by atoms with E-state index in [1.165, 1.54) is 0 Å². The molecule has 0 spiro atoms. The molecular weight excluding hydrogens is 430 g/mol. The van der Waals surface area contributed by atoms with E-state index in [2.05, 4.69) is 35.8 Å². The lowest BCUT2D eigenvalue weighted by molar-refractivity contribution is -0.120. The lowest BCUT2D eigenvalue weighted by Crippen LogP contribution is -2.25. The van der Waals surface area contributed by atoms with Crippen LogP contribution in [0.2, 0.25) is 0 Å². The van der Waals surface area contributed by atoms with Crippen LogP contribution in [-0.2, 0) is 17.6 Å². The number of amides is 2. The van der Waals surface area contributed by atoms with Crippen molar-refractivity contribution in [1.82, 2.24) is 10.7 Å². The van der Waals surface area contributed by atoms with Crippen molar-refractivity contribution in [2.24, 2.45) is 11.0 Å². The molecule has 2 amide bonds. The highest BCUT2D eigenvalue weighted by atomic mass is 16.4. The third-order valence-electron chi connectivity index (χ3n) is 6.30. The number of aryl methyl sites for hydroxylation is 3. The molecule has 1 aliphatic rings. The summed E-state index contributed by atoms with van der Waals surface area (Å²) in [6, 6.07) is 4.06. The van der Waals surface area contributed by atoms with E-state index in [1.807, 2.05) is 26.8 Å². The average molecular weight is 464 g/mol. The third kappa shape index (κ3) is 4.93. The van der Waals surface area contributed by atoms with Crippen molar-refractivity contribution in [3.05, 3.63) is 57.7 Å². The highest BCUT2D eigenvalue weighted by molar-refractivity contribution is 6.06. The number of hydrogen-bond acceptors (Lipinski definition) is 5. The minimum absolute atomic E-state index is 0.175. The molecule has 34 heavy (non-hydrogen) atoms. The van der Waals surface area contributed by atoms with E-state index in [9.17, 15) is 9.59 Å². The Kier molecular flexibility index (Phi) is 6.91. The van der Waals surface area contributed by atoms with Crippen LogP contribution in [0.5, 0.6) is 0 Å². The van der Waals surface area contributed by atoms with Gasteiger partial charge < -0.3 is 14.2 Å². The summed E-state index contributed by atoms with van der Waals surface area (Å²) in [4.78, 5) is 25.4. The van der Waals surface area contributed by atoms with E-state index >= 15 is 0 Å². The zero-order valence-corrected chi connectivity index (χ0v) is 20.6. The number of hydrazone groups is 1. The van der Waals surface area contributed by atoms with Gasteiger partial charge in [0, 0.05) is 35.0 Å². The van der Waals surface area contributed by atoms with Gasteiger partial charge in [0.25, 0.3) is 5.91 Å². The molecular formula is C27H33N3O4. The molecule has 0 bridgehead atoms. The fourth-order valence-electron chi connectivity index (χ4n) is 4.65. The Hall–Kier alpha value is -3.35. The first-order valence-corrected chi connectivity index (χ1v) is 12.0. The lowest BCUT2D eigenvalue weighted by atomic mass is 9.93. The molecule has 180 valence electrons. The van der Waals surface area contributed by atoms with Gasteiger partial charge in [-0.05, 0) is 63.1 Å². The SMILES string of the molecule is Cc1cc(C)c2c(CC(=O)N/N=C3\CCCc4oc(C(=O)NCCC(C)C)c(C)c43)coc2c1. The van der Waals surface area contributed by atoms with Gasteiger partial charge in [-0.3, -0.25) is 9.59 Å². The lowest BCUT2D eigenvalue weighted by Gasteiger charge is -2.13. The van der Waals surface area contributed by atoms with Crippen LogP contribution < -0.4 is 10.7 Å². The summed E-state index contributed by atoms with van der Waals surface area (Å²) < 4.78 is 11.6. The van der Waals surface area contributed by atoms with Crippen LogP contribution >= 0.6 is 0 Å². The van der Waals surface area contributed by atoms with Crippen LogP contribution in [0.3, 0.4) is 0 Å². The van der Waals surface area contributed by atoms with Crippen LogP contribution in [0, 0.1) is 26.7 Å². The summed E-state index contributed by atoms with van der Waals surface area (Å²) in [5.74, 6) is 1.20. The van der Waals surface area contributed by atoms with E-state index in [1.54, 1.807) is 6.26 Å². The Morgan fingerprint density at radius 3 is 2.71 bits per heavy atom. The predicted octanol–water partition coefficient (Wildman–Crippen LogP) is 5.13. The summed E-state index contributed by atoms with van der Waals surface area (Å²) in [7, 11) is 0. The zero-order chi connectivity index (χ0) is 24.4. The maximum atomic E-state index is 12.7. The normalized spacial score (nSPS) is 14.6. The van der Waals surface area contributed by atoms with Gasteiger partial charge in [-0.2, -0.15) is 5.10 Å². The van der Waals surface area contributed by atoms with Gasteiger partial charge in [0.15, 0.2) is 5.76 Å². The van der Waals surface area contributed by atoms with Crippen LogP contribution in [0.4, 0.5) is 0 Å². The van der Waals surface area contributed by atoms with Crippen molar-refractivity contribution in [1.29, 1.82) is 0 Å². The molecule has 2 aromatic heterocycles. The van der Waals surface area contributed by atoms with E-state index in [4.69, 9.17) is 8.83 Å². The average Bonchev–Trinajstić information content (AvgIpc) is 3.33. The minimum atomic E-state index is -0.213.